The van der Waals surface area contributed by atoms with Crippen molar-refractivity contribution in [3.63, 3.8) is 0 Å². The van der Waals surface area contributed by atoms with E-state index in [0.717, 1.165) is 22.2 Å². The van der Waals surface area contributed by atoms with Gasteiger partial charge in [0.05, 0.1) is 33.5 Å². The fraction of sp³-hybridized carbons (Fsp3) is 0.542. The lowest BCUT2D eigenvalue weighted by atomic mass is 9.90. The van der Waals surface area contributed by atoms with Crippen molar-refractivity contribution in [1.82, 2.24) is 10.3 Å². The summed E-state index contributed by atoms with van der Waals surface area (Å²) in [6, 6.07) is 5.90. The van der Waals surface area contributed by atoms with Crippen molar-refractivity contribution in [2.24, 2.45) is 11.8 Å². The first-order valence-electron chi connectivity index (χ1n) is 11.1. The van der Waals surface area contributed by atoms with Crippen molar-refractivity contribution >= 4 is 16.8 Å². The molecule has 1 amide bonds. The maximum absolute atomic E-state index is 12.8. The molecular formula is C24H34N2O6. The Morgan fingerprint density at radius 3 is 2.91 bits per heavy atom. The summed E-state index contributed by atoms with van der Waals surface area (Å²) in [6.45, 7) is 5.69. The Labute approximate surface area is 188 Å². The summed E-state index contributed by atoms with van der Waals surface area (Å²) in [7, 11) is 1.65. The summed E-state index contributed by atoms with van der Waals surface area (Å²) in [6.07, 6.45) is 4.74. The molecule has 0 radical (unpaired) electrons. The molecule has 0 saturated carbocycles. The third-order valence-electron chi connectivity index (χ3n) is 5.59. The SMILES string of the molecule is COc1ccc2[nH]cc(CCNC(=O)C3=C[C@@H](C(C)C)C[C@@H](OCCOCCO)O3)c2c1. The van der Waals surface area contributed by atoms with E-state index < -0.39 is 6.29 Å². The molecule has 0 unspecified atom stereocenters. The van der Waals surface area contributed by atoms with E-state index in [1.165, 1.54) is 0 Å². The highest BCUT2D eigenvalue weighted by atomic mass is 16.7. The summed E-state index contributed by atoms with van der Waals surface area (Å²) in [5, 5.41) is 12.8. The number of aromatic nitrogens is 1. The topological polar surface area (TPSA) is 102 Å². The number of aromatic amines is 1. The van der Waals surface area contributed by atoms with Crippen LogP contribution in [0.25, 0.3) is 10.9 Å². The Morgan fingerprint density at radius 2 is 2.16 bits per heavy atom. The van der Waals surface area contributed by atoms with Gasteiger partial charge in [-0.3, -0.25) is 4.79 Å². The average molecular weight is 447 g/mol. The molecule has 2 atom stereocenters. The predicted molar refractivity (Wildman–Crippen MR) is 121 cm³/mol. The highest BCUT2D eigenvalue weighted by Gasteiger charge is 2.29. The number of fused-ring (bicyclic) bond motifs is 1. The molecule has 1 aromatic heterocycles. The van der Waals surface area contributed by atoms with Gasteiger partial charge in [0.1, 0.15) is 5.75 Å². The fourth-order valence-corrected chi connectivity index (χ4v) is 3.70. The molecular weight excluding hydrogens is 412 g/mol. The number of aliphatic hydroxyl groups excluding tert-OH is 1. The minimum atomic E-state index is -0.494. The van der Waals surface area contributed by atoms with E-state index in [4.69, 9.17) is 24.1 Å². The Balaban J connectivity index is 1.54. The quantitative estimate of drug-likeness (QED) is 0.434. The lowest BCUT2D eigenvalue weighted by Gasteiger charge is -2.30. The second-order valence-electron chi connectivity index (χ2n) is 8.16. The van der Waals surface area contributed by atoms with Crippen LogP contribution in [0.4, 0.5) is 0 Å². The number of allylic oxidation sites excluding steroid dienone is 1. The van der Waals surface area contributed by atoms with Crippen LogP contribution in [0.5, 0.6) is 5.75 Å². The monoisotopic (exact) mass is 446 g/mol. The van der Waals surface area contributed by atoms with Crippen LogP contribution < -0.4 is 10.1 Å². The number of methoxy groups -OCH3 is 1. The molecule has 3 N–H and O–H groups in total. The van der Waals surface area contributed by atoms with Gasteiger partial charge in [-0.25, -0.2) is 0 Å². The summed E-state index contributed by atoms with van der Waals surface area (Å²) in [5.74, 6) is 1.42. The highest BCUT2D eigenvalue weighted by molar-refractivity contribution is 5.91. The molecule has 8 nitrogen and oxygen atoms in total. The molecule has 32 heavy (non-hydrogen) atoms. The van der Waals surface area contributed by atoms with Gasteiger partial charge in [-0.1, -0.05) is 13.8 Å². The zero-order valence-electron chi connectivity index (χ0n) is 19.1. The van der Waals surface area contributed by atoms with Crippen LogP contribution in [-0.4, -0.2) is 62.4 Å². The van der Waals surface area contributed by atoms with Gasteiger partial charge in [0.2, 0.25) is 6.29 Å². The van der Waals surface area contributed by atoms with E-state index in [2.05, 4.69) is 24.1 Å². The van der Waals surface area contributed by atoms with E-state index >= 15 is 0 Å². The molecule has 3 rings (SSSR count). The standard InChI is InChI=1S/C24H34N2O6/c1-16(2)18-12-22(32-23(13-18)31-11-10-30-9-8-27)24(28)25-7-6-17-15-26-21-5-4-19(29-3)14-20(17)21/h4-5,12,14-16,18,23,26-27H,6-11,13H2,1-3H3,(H,25,28)/t18-,23+/m1/s1. The molecule has 1 aliphatic rings. The number of H-pyrrole nitrogens is 1. The van der Waals surface area contributed by atoms with Crippen LogP contribution >= 0.6 is 0 Å². The number of hydrogen-bond acceptors (Lipinski definition) is 6. The second-order valence-corrected chi connectivity index (χ2v) is 8.16. The van der Waals surface area contributed by atoms with Crippen molar-refractivity contribution in [3.05, 3.63) is 41.8 Å². The molecule has 2 aromatic rings. The fourth-order valence-electron chi connectivity index (χ4n) is 3.70. The van der Waals surface area contributed by atoms with Crippen LogP contribution in [0, 0.1) is 11.8 Å². The first-order valence-corrected chi connectivity index (χ1v) is 11.1. The van der Waals surface area contributed by atoms with E-state index in [1.54, 1.807) is 7.11 Å². The first kappa shape index (κ1) is 24.1. The smallest absolute Gasteiger partial charge is 0.286 e. The van der Waals surface area contributed by atoms with Gasteiger partial charge < -0.3 is 34.4 Å². The summed E-state index contributed by atoms with van der Waals surface area (Å²) in [5.41, 5.74) is 2.15. The lowest BCUT2D eigenvalue weighted by Crippen LogP contribution is -2.35. The first-order chi connectivity index (χ1) is 15.5. The molecule has 2 heterocycles. The van der Waals surface area contributed by atoms with Crippen LogP contribution in [0.2, 0.25) is 0 Å². The van der Waals surface area contributed by atoms with Gasteiger partial charge in [-0.2, -0.15) is 0 Å². The molecule has 1 aromatic carbocycles. The van der Waals surface area contributed by atoms with Crippen molar-refractivity contribution < 1.29 is 28.8 Å². The number of carbonyl (C=O) groups is 1. The van der Waals surface area contributed by atoms with E-state index in [-0.39, 0.29) is 25.0 Å². The van der Waals surface area contributed by atoms with Crippen LogP contribution in [0.1, 0.15) is 25.8 Å². The third kappa shape index (κ3) is 6.48. The number of carbonyl (C=O) groups excluding carboxylic acids is 1. The van der Waals surface area contributed by atoms with Gasteiger partial charge >= 0.3 is 0 Å². The van der Waals surface area contributed by atoms with Gasteiger partial charge in [0.15, 0.2) is 5.76 Å². The number of ether oxygens (including phenoxy) is 4. The zero-order chi connectivity index (χ0) is 22.9. The number of benzene rings is 1. The number of amides is 1. The predicted octanol–water partition coefficient (Wildman–Crippen LogP) is 2.76. The number of aliphatic hydroxyl groups is 1. The van der Waals surface area contributed by atoms with Gasteiger partial charge in [0.25, 0.3) is 5.91 Å². The second kappa shape index (κ2) is 11.9. The van der Waals surface area contributed by atoms with Crippen LogP contribution in [0.15, 0.2) is 36.2 Å². The van der Waals surface area contributed by atoms with E-state index in [0.29, 0.717) is 44.3 Å². The van der Waals surface area contributed by atoms with Gasteiger partial charge in [-0.05, 0) is 48.1 Å². The minimum absolute atomic E-state index is 0.0193. The zero-order valence-corrected chi connectivity index (χ0v) is 19.1. The number of rotatable bonds is 12. The summed E-state index contributed by atoms with van der Waals surface area (Å²) < 4.78 is 22.1. The van der Waals surface area contributed by atoms with Crippen molar-refractivity contribution in [2.45, 2.75) is 33.0 Å². The average Bonchev–Trinajstić information content (AvgIpc) is 3.20. The minimum Gasteiger partial charge on any atom is -0.497 e. The molecule has 0 spiro atoms. The Hall–Kier alpha value is -2.55. The largest absolute Gasteiger partial charge is 0.497 e. The maximum atomic E-state index is 12.8. The van der Waals surface area contributed by atoms with Crippen molar-refractivity contribution in [3.8, 4) is 5.75 Å². The van der Waals surface area contributed by atoms with E-state index in [1.807, 2.05) is 30.5 Å². The van der Waals surface area contributed by atoms with Crippen LogP contribution in [0.3, 0.4) is 0 Å². The summed E-state index contributed by atoms with van der Waals surface area (Å²) >= 11 is 0. The normalized spacial score (nSPS) is 18.5. The third-order valence-corrected chi connectivity index (χ3v) is 5.59. The lowest BCUT2D eigenvalue weighted by molar-refractivity contribution is -0.155. The Morgan fingerprint density at radius 1 is 1.31 bits per heavy atom. The molecule has 0 saturated heterocycles. The van der Waals surface area contributed by atoms with Crippen molar-refractivity contribution in [1.29, 1.82) is 0 Å². The van der Waals surface area contributed by atoms with Gasteiger partial charge in [0, 0.05) is 30.1 Å². The Kier molecular flexibility index (Phi) is 8.96. The van der Waals surface area contributed by atoms with Gasteiger partial charge in [-0.15, -0.1) is 0 Å². The highest BCUT2D eigenvalue weighted by Crippen LogP contribution is 2.29. The van der Waals surface area contributed by atoms with Crippen molar-refractivity contribution in [2.75, 3.05) is 40.1 Å². The molecule has 176 valence electrons. The maximum Gasteiger partial charge on any atom is 0.286 e. The molecule has 8 heteroatoms. The molecule has 0 fully saturated rings. The summed E-state index contributed by atoms with van der Waals surface area (Å²) in [4.78, 5) is 16.0. The number of hydrogen-bond donors (Lipinski definition) is 3. The van der Waals surface area contributed by atoms with E-state index in [9.17, 15) is 4.79 Å². The molecule has 1 aliphatic heterocycles. The molecule has 0 aliphatic carbocycles. The molecule has 0 bridgehead atoms. The van der Waals surface area contributed by atoms with Crippen LogP contribution in [-0.2, 0) is 25.4 Å². The number of nitrogens with one attached hydrogen (secondary N) is 2. The Bertz CT molecular complexity index is 907.